The average Bonchev–Trinajstić information content (AvgIpc) is 2.96. The molecule has 0 spiro atoms. The fourth-order valence-corrected chi connectivity index (χ4v) is 3.23. The maximum absolute atomic E-state index is 11.6. The van der Waals surface area contributed by atoms with Crippen molar-refractivity contribution in [1.82, 2.24) is 5.32 Å². The summed E-state index contributed by atoms with van der Waals surface area (Å²) in [6.07, 6.45) is 0.349. The highest BCUT2D eigenvalue weighted by Gasteiger charge is 2.17. The minimum Gasteiger partial charge on any atom is -0.469 e. The van der Waals surface area contributed by atoms with Crippen LogP contribution >= 0.6 is 11.3 Å². The number of thiophene rings is 1. The highest BCUT2D eigenvalue weighted by atomic mass is 32.1. The zero-order valence-electron chi connectivity index (χ0n) is 12.7. The van der Waals surface area contributed by atoms with Gasteiger partial charge in [0.1, 0.15) is 0 Å². The molecule has 3 nitrogen and oxygen atoms in total. The number of aryl methyl sites for hydroxylation is 2. The van der Waals surface area contributed by atoms with E-state index in [1.54, 1.807) is 11.3 Å². The minimum absolute atomic E-state index is 0.00160. The number of hydrogen-bond acceptors (Lipinski definition) is 4. The second kappa shape index (κ2) is 7.38. The van der Waals surface area contributed by atoms with Gasteiger partial charge in [0.2, 0.25) is 0 Å². The summed E-state index contributed by atoms with van der Waals surface area (Å²) in [6, 6.07) is 10.6. The number of carbonyl (C=O) groups is 1. The van der Waals surface area contributed by atoms with Crippen LogP contribution in [0.25, 0.3) is 0 Å². The molecule has 112 valence electrons. The molecule has 0 aliphatic carbocycles. The lowest BCUT2D eigenvalue weighted by Crippen LogP contribution is -2.23. The molecule has 1 aromatic heterocycles. The molecule has 2 aromatic rings. The Labute approximate surface area is 130 Å². The molecule has 1 unspecified atom stereocenters. The van der Waals surface area contributed by atoms with E-state index in [-0.39, 0.29) is 12.0 Å². The third-order valence-electron chi connectivity index (χ3n) is 3.32. The van der Waals surface area contributed by atoms with Crippen molar-refractivity contribution in [3.05, 3.63) is 57.3 Å². The van der Waals surface area contributed by atoms with Crippen LogP contribution in [0.2, 0.25) is 0 Å². The summed E-state index contributed by atoms with van der Waals surface area (Å²) in [6.45, 7) is 4.94. The van der Waals surface area contributed by atoms with Crippen LogP contribution in [0.4, 0.5) is 0 Å². The molecule has 1 N–H and O–H groups in total. The van der Waals surface area contributed by atoms with Crippen LogP contribution in [0.15, 0.2) is 35.7 Å². The van der Waals surface area contributed by atoms with E-state index in [0.29, 0.717) is 6.42 Å². The molecule has 1 heterocycles. The molecule has 0 radical (unpaired) electrons. The summed E-state index contributed by atoms with van der Waals surface area (Å²) in [5.74, 6) is -0.193. The van der Waals surface area contributed by atoms with Crippen molar-refractivity contribution in [2.45, 2.75) is 32.9 Å². The number of methoxy groups -OCH3 is 1. The molecule has 0 saturated carbocycles. The summed E-state index contributed by atoms with van der Waals surface area (Å²) >= 11 is 1.65. The van der Waals surface area contributed by atoms with E-state index in [4.69, 9.17) is 4.74 Å². The smallest absolute Gasteiger partial charge is 0.307 e. The molecule has 0 bridgehead atoms. The summed E-state index contributed by atoms with van der Waals surface area (Å²) in [5.41, 5.74) is 3.75. The predicted octanol–water partition coefficient (Wildman–Crippen LogP) is 3.76. The fraction of sp³-hybridized carbons (Fsp3) is 0.353. The number of esters is 1. The van der Waals surface area contributed by atoms with Crippen LogP contribution in [-0.2, 0) is 16.1 Å². The summed E-state index contributed by atoms with van der Waals surface area (Å²) in [4.78, 5) is 12.7. The second-order valence-corrected chi connectivity index (χ2v) is 6.20. The van der Waals surface area contributed by atoms with E-state index in [2.05, 4.69) is 37.4 Å². The number of carbonyl (C=O) groups excluding carboxylic acids is 1. The Morgan fingerprint density at radius 1 is 1.29 bits per heavy atom. The lowest BCUT2D eigenvalue weighted by Gasteiger charge is -2.17. The Hall–Kier alpha value is -1.65. The van der Waals surface area contributed by atoms with E-state index < -0.39 is 0 Å². The quantitative estimate of drug-likeness (QED) is 0.826. The zero-order valence-corrected chi connectivity index (χ0v) is 13.5. The first-order chi connectivity index (χ1) is 10.1. The summed E-state index contributed by atoms with van der Waals surface area (Å²) in [5, 5.41) is 5.49. The van der Waals surface area contributed by atoms with E-state index in [1.807, 2.05) is 17.5 Å². The van der Waals surface area contributed by atoms with Crippen molar-refractivity contribution < 1.29 is 9.53 Å². The molecule has 4 heteroatoms. The lowest BCUT2D eigenvalue weighted by atomic mass is 10.1. The predicted molar refractivity (Wildman–Crippen MR) is 86.4 cm³/mol. The van der Waals surface area contributed by atoms with Crippen molar-refractivity contribution in [2.24, 2.45) is 0 Å². The van der Waals surface area contributed by atoms with Crippen LogP contribution in [0.1, 0.15) is 34.0 Å². The molecule has 2 rings (SSSR count). The third-order valence-corrected chi connectivity index (χ3v) is 4.31. The number of hydrogen-bond donors (Lipinski definition) is 1. The Balaban J connectivity index is 2.06. The van der Waals surface area contributed by atoms with Gasteiger partial charge in [0.25, 0.3) is 0 Å². The number of rotatable bonds is 6. The monoisotopic (exact) mass is 303 g/mol. The van der Waals surface area contributed by atoms with Crippen molar-refractivity contribution in [1.29, 1.82) is 0 Å². The molecule has 0 aliphatic heterocycles. The van der Waals surface area contributed by atoms with Gasteiger partial charge in [0.15, 0.2) is 0 Å². The van der Waals surface area contributed by atoms with Gasteiger partial charge < -0.3 is 10.1 Å². The SMILES string of the molecule is COC(=O)CC(NCc1cc(C)cc(C)c1)c1cccs1. The Kier molecular flexibility index (Phi) is 5.53. The largest absolute Gasteiger partial charge is 0.469 e. The maximum atomic E-state index is 11.6. The lowest BCUT2D eigenvalue weighted by molar-refractivity contribution is -0.141. The van der Waals surface area contributed by atoms with E-state index in [9.17, 15) is 4.79 Å². The average molecular weight is 303 g/mol. The van der Waals surface area contributed by atoms with E-state index >= 15 is 0 Å². The Morgan fingerprint density at radius 2 is 2.00 bits per heavy atom. The van der Waals surface area contributed by atoms with Crippen LogP contribution in [0, 0.1) is 13.8 Å². The van der Waals surface area contributed by atoms with Gasteiger partial charge in [-0.15, -0.1) is 11.3 Å². The second-order valence-electron chi connectivity index (χ2n) is 5.23. The Bertz CT molecular complexity index is 573. The van der Waals surface area contributed by atoms with Gasteiger partial charge in [-0.2, -0.15) is 0 Å². The van der Waals surface area contributed by atoms with Crippen molar-refractivity contribution >= 4 is 17.3 Å². The third kappa shape index (κ3) is 4.69. The molecule has 21 heavy (non-hydrogen) atoms. The molecule has 0 aliphatic rings. The first-order valence-electron chi connectivity index (χ1n) is 6.99. The topological polar surface area (TPSA) is 38.3 Å². The Morgan fingerprint density at radius 3 is 2.57 bits per heavy atom. The minimum atomic E-state index is -0.193. The van der Waals surface area contributed by atoms with Gasteiger partial charge in [-0.25, -0.2) is 0 Å². The van der Waals surface area contributed by atoms with Gasteiger partial charge in [-0.1, -0.05) is 35.4 Å². The van der Waals surface area contributed by atoms with Crippen LogP contribution in [0.5, 0.6) is 0 Å². The first-order valence-corrected chi connectivity index (χ1v) is 7.87. The number of benzene rings is 1. The van der Waals surface area contributed by atoms with Gasteiger partial charge in [-0.05, 0) is 30.9 Å². The van der Waals surface area contributed by atoms with E-state index in [1.165, 1.54) is 23.8 Å². The summed E-state index contributed by atoms with van der Waals surface area (Å²) in [7, 11) is 1.43. The molecule has 1 aromatic carbocycles. The fourth-order valence-electron chi connectivity index (χ4n) is 2.42. The molecule has 0 fully saturated rings. The van der Waals surface area contributed by atoms with Crippen molar-refractivity contribution in [3.63, 3.8) is 0 Å². The number of nitrogens with one attached hydrogen (secondary N) is 1. The van der Waals surface area contributed by atoms with Crippen molar-refractivity contribution in [2.75, 3.05) is 7.11 Å². The maximum Gasteiger partial charge on any atom is 0.307 e. The first kappa shape index (κ1) is 15.7. The zero-order chi connectivity index (χ0) is 15.2. The van der Waals surface area contributed by atoms with Gasteiger partial charge in [0, 0.05) is 11.4 Å². The highest BCUT2D eigenvalue weighted by molar-refractivity contribution is 7.10. The van der Waals surface area contributed by atoms with Crippen LogP contribution in [0.3, 0.4) is 0 Å². The van der Waals surface area contributed by atoms with Crippen LogP contribution in [-0.4, -0.2) is 13.1 Å². The molecular formula is C17H21NO2S. The molecule has 0 amide bonds. The summed E-state index contributed by atoms with van der Waals surface area (Å²) < 4.78 is 4.79. The normalized spacial score (nSPS) is 12.1. The van der Waals surface area contributed by atoms with Crippen molar-refractivity contribution in [3.8, 4) is 0 Å². The molecular weight excluding hydrogens is 282 g/mol. The van der Waals surface area contributed by atoms with Gasteiger partial charge in [0.05, 0.1) is 19.6 Å². The highest BCUT2D eigenvalue weighted by Crippen LogP contribution is 2.23. The number of ether oxygens (including phenoxy) is 1. The van der Waals surface area contributed by atoms with Crippen LogP contribution < -0.4 is 5.32 Å². The van der Waals surface area contributed by atoms with E-state index in [0.717, 1.165) is 11.4 Å². The van der Waals surface area contributed by atoms with Gasteiger partial charge >= 0.3 is 5.97 Å². The standard InChI is InChI=1S/C17H21NO2S/c1-12-7-13(2)9-14(8-12)11-18-15(10-17(19)20-3)16-5-4-6-21-16/h4-9,15,18H,10-11H2,1-3H3. The molecule has 0 saturated heterocycles. The molecule has 1 atom stereocenters. The van der Waals surface area contributed by atoms with Gasteiger partial charge in [-0.3, -0.25) is 4.79 Å².